The first-order valence-corrected chi connectivity index (χ1v) is 5.96. The van der Waals surface area contributed by atoms with E-state index in [1.807, 2.05) is 0 Å². The third kappa shape index (κ3) is 5.14. The SMILES string of the molecule is O=C(O)CCP(=O)(O)c1ccccc1.[Ca+2].[H-].[H-]. The second-order valence-electron chi connectivity index (χ2n) is 2.90. The van der Waals surface area contributed by atoms with Gasteiger partial charge in [-0.15, -0.1) is 0 Å². The van der Waals surface area contributed by atoms with Gasteiger partial charge < -0.3 is 12.9 Å². The van der Waals surface area contributed by atoms with Crippen LogP contribution in [0.15, 0.2) is 30.3 Å². The molecule has 0 saturated carbocycles. The Balaban J connectivity index is -0.000000653. The quantitative estimate of drug-likeness (QED) is 0.620. The molecule has 1 atom stereocenters. The summed E-state index contributed by atoms with van der Waals surface area (Å²) in [6, 6.07) is 8.10. The number of carboxylic acids is 1. The first-order valence-electron chi connectivity index (χ1n) is 4.11. The number of carboxylic acid groups (broad SMARTS) is 1. The minimum absolute atomic E-state index is 0. The van der Waals surface area contributed by atoms with Crippen molar-refractivity contribution in [3.05, 3.63) is 30.3 Å². The molecule has 0 aliphatic heterocycles. The van der Waals surface area contributed by atoms with Gasteiger partial charge in [0, 0.05) is 11.5 Å². The molecule has 0 spiro atoms. The van der Waals surface area contributed by atoms with Gasteiger partial charge in [0.15, 0.2) is 0 Å². The van der Waals surface area contributed by atoms with Crippen molar-refractivity contribution in [3.8, 4) is 0 Å². The molecule has 0 radical (unpaired) electrons. The predicted molar refractivity (Wildman–Crippen MR) is 61.0 cm³/mol. The molecular weight excluding hydrogens is 243 g/mol. The molecule has 6 heteroatoms. The smallest absolute Gasteiger partial charge is 1.00 e. The van der Waals surface area contributed by atoms with Gasteiger partial charge in [0.25, 0.3) is 0 Å². The van der Waals surface area contributed by atoms with E-state index in [1.54, 1.807) is 18.2 Å². The molecule has 15 heavy (non-hydrogen) atoms. The van der Waals surface area contributed by atoms with Crippen LogP contribution < -0.4 is 5.30 Å². The van der Waals surface area contributed by atoms with Crippen LogP contribution in [0.4, 0.5) is 0 Å². The van der Waals surface area contributed by atoms with Crippen LogP contribution in [-0.4, -0.2) is 59.9 Å². The summed E-state index contributed by atoms with van der Waals surface area (Å²) in [5.74, 6) is -1.06. The average molecular weight is 256 g/mol. The summed E-state index contributed by atoms with van der Waals surface area (Å²) in [6.07, 6.45) is -0.505. The molecule has 0 fully saturated rings. The van der Waals surface area contributed by atoms with Gasteiger partial charge in [-0.3, -0.25) is 9.36 Å². The Morgan fingerprint density at radius 2 is 1.87 bits per heavy atom. The zero-order chi connectivity index (χ0) is 10.6. The van der Waals surface area contributed by atoms with Crippen molar-refractivity contribution in [1.82, 2.24) is 0 Å². The van der Waals surface area contributed by atoms with Crippen molar-refractivity contribution in [1.29, 1.82) is 0 Å². The number of benzene rings is 1. The molecule has 2 N–H and O–H groups in total. The molecule has 4 nitrogen and oxygen atoms in total. The van der Waals surface area contributed by atoms with E-state index < -0.39 is 13.3 Å². The largest absolute Gasteiger partial charge is 2.00 e. The molecule has 1 rings (SSSR count). The average Bonchev–Trinajstić information content (AvgIpc) is 2.16. The molecule has 0 amide bonds. The van der Waals surface area contributed by atoms with Crippen LogP contribution >= 0.6 is 7.37 Å². The van der Waals surface area contributed by atoms with E-state index in [0.717, 1.165) is 0 Å². The van der Waals surface area contributed by atoms with E-state index in [4.69, 9.17) is 5.11 Å². The molecular formula is C9H13CaO4P. The summed E-state index contributed by atoms with van der Waals surface area (Å²) in [6.45, 7) is 0. The fraction of sp³-hybridized carbons (Fsp3) is 0.222. The Labute approximate surface area is 121 Å². The van der Waals surface area contributed by atoms with Crippen LogP contribution in [-0.2, 0) is 9.36 Å². The zero-order valence-electron chi connectivity index (χ0n) is 10.2. The topological polar surface area (TPSA) is 74.6 Å². The molecule has 0 aliphatic rings. The summed E-state index contributed by atoms with van der Waals surface area (Å²) in [5, 5.41) is 8.70. The van der Waals surface area contributed by atoms with Crippen molar-refractivity contribution >= 4 is 56.4 Å². The number of hydrogen-bond donors (Lipinski definition) is 2. The maximum atomic E-state index is 11.6. The zero-order valence-corrected chi connectivity index (χ0v) is 11.3. The number of aliphatic carboxylic acids is 1. The standard InChI is InChI=1S/C9H11O4P.Ca.2H/c10-9(11)6-7-14(12,13)8-4-2-1-3-5-8;;;/h1-5H,6-7H2,(H,10,11)(H,12,13);;;/q;+2;2*-1. The summed E-state index contributed by atoms with van der Waals surface area (Å²) < 4.78 is 11.6. The van der Waals surface area contributed by atoms with Gasteiger partial charge in [-0.1, -0.05) is 18.2 Å². The van der Waals surface area contributed by atoms with E-state index in [2.05, 4.69) is 0 Å². The van der Waals surface area contributed by atoms with Gasteiger partial charge in [0.2, 0.25) is 7.37 Å². The molecule has 0 aromatic heterocycles. The Bertz CT molecular complexity index is 375. The van der Waals surface area contributed by atoms with E-state index in [-0.39, 0.29) is 53.2 Å². The van der Waals surface area contributed by atoms with Crippen LogP contribution in [0.1, 0.15) is 9.27 Å². The van der Waals surface area contributed by atoms with Gasteiger partial charge in [0.1, 0.15) is 0 Å². The molecule has 1 aromatic carbocycles. The van der Waals surface area contributed by atoms with Crippen molar-refractivity contribution in [2.75, 3.05) is 6.16 Å². The number of hydrogen-bond acceptors (Lipinski definition) is 2. The maximum absolute atomic E-state index is 11.6. The summed E-state index contributed by atoms with van der Waals surface area (Å²) in [7, 11) is -3.48. The van der Waals surface area contributed by atoms with Crippen molar-refractivity contribution < 1.29 is 22.2 Å². The first-order chi connectivity index (χ1) is 6.52. The van der Waals surface area contributed by atoms with E-state index in [0.29, 0.717) is 5.30 Å². The summed E-state index contributed by atoms with van der Waals surface area (Å²) >= 11 is 0. The van der Waals surface area contributed by atoms with Gasteiger partial charge >= 0.3 is 43.7 Å². The summed E-state index contributed by atoms with van der Waals surface area (Å²) in [4.78, 5) is 19.8. The number of rotatable bonds is 4. The first kappa shape index (κ1) is 15.1. The fourth-order valence-corrected chi connectivity index (χ4v) is 2.43. The molecule has 1 aromatic rings. The van der Waals surface area contributed by atoms with Crippen LogP contribution in [0.5, 0.6) is 0 Å². The fourth-order valence-electron chi connectivity index (χ4n) is 1.04. The molecule has 80 valence electrons. The summed E-state index contributed by atoms with van der Waals surface area (Å²) in [5.41, 5.74) is 0. The third-order valence-electron chi connectivity index (χ3n) is 1.79. The van der Waals surface area contributed by atoms with E-state index >= 15 is 0 Å². The number of carbonyl (C=O) groups is 1. The predicted octanol–water partition coefficient (Wildman–Crippen LogP) is 0.901. The molecule has 0 bridgehead atoms. The van der Waals surface area contributed by atoms with Gasteiger partial charge in [-0.05, 0) is 12.1 Å². The second-order valence-corrected chi connectivity index (χ2v) is 5.27. The maximum Gasteiger partial charge on any atom is 2.00 e. The normalized spacial score (nSPS) is 13.7. The van der Waals surface area contributed by atoms with E-state index in [9.17, 15) is 14.3 Å². The minimum atomic E-state index is -3.48. The Morgan fingerprint density at radius 3 is 2.33 bits per heavy atom. The van der Waals surface area contributed by atoms with Crippen LogP contribution in [0, 0.1) is 0 Å². The monoisotopic (exact) mass is 256 g/mol. The molecule has 1 unspecified atom stereocenters. The Hall–Kier alpha value is 0.140. The van der Waals surface area contributed by atoms with Crippen LogP contribution in [0.2, 0.25) is 0 Å². The Kier molecular flexibility index (Phi) is 6.73. The van der Waals surface area contributed by atoms with Gasteiger partial charge in [-0.2, -0.15) is 0 Å². The Morgan fingerprint density at radius 1 is 1.33 bits per heavy atom. The third-order valence-corrected chi connectivity index (χ3v) is 3.72. The van der Waals surface area contributed by atoms with Crippen molar-refractivity contribution in [2.24, 2.45) is 0 Å². The van der Waals surface area contributed by atoms with Gasteiger partial charge in [-0.25, -0.2) is 0 Å². The second kappa shape index (κ2) is 6.66. The van der Waals surface area contributed by atoms with Crippen molar-refractivity contribution in [2.45, 2.75) is 6.42 Å². The minimum Gasteiger partial charge on any atom is -1.00 e. The van der Waals surface area contributed by atoms with Crippen molar-refractivity contribution in [3.63, 3.8) is 0 Å². The molecule has 0 heterocycles. The van der Waals surface area contributed by atoms with Crippen LogP contribution in [0.3, 0.4) is 0 Å². The molecule has 0 saturated heterocycles. The molecule has 0 aliphatic carbocycles. The van der Waals surface area contributed by atoms with E-state index in [1.165, 1.54) is 12.1 Å². The van der Waals surface area contributed by atoms with Crippen LogP contribution in [0.25, 0.3) is 0 Å². The van der Waals surface area contributed by atoms with Gasteiger partial charge in [0.05, 0.1) is 6.42 Å².